The topological polar surface area (TPSA) is 86.8 Å². The summed E-state index contributed by atoms with van der Waals surface area (Å²) in [6, 6.07) is 16.6. The van der Waals surface area contributed by atoms with Gasteiger partial charge in [-0.1, -0.05) is 72.6 Å². The first-order valence-corrected chi connectivity index (χ1v) is 14.5. The Morgan fingerprint density at radius 2 is 1.68 bits per heavy atom. The monoisotopic (exact) mass is 563 g/mol. The van der Waals surface area contributed by atoms with E-state index in [0.717, 1.165) is 15.9 Å². The molecule has 10 heteroatoms. The lowest BCUT2D eigenvalue weighted by atomic mass is 10.1. The SMILES string of the molecule is CC[C@@H](C(=O)NC(C)C)N(Cc1ccc(Cl)cc1Cl)C(=O)CN(c1cccc2ccccc12)S(C)(=O)=O. The highest BCUT2D eigenvalue weighted by Crippen LogP contribution is 2.29. The van der Waals surface area contributed by atoms with E-state index in [1.54, 1.807) is 37.3 Å². The Labute approximate surface area is 228 Å². The van der Waals surface area contributed by atoms with Crippen LogP contribution < -0.4 is 9.62 Å². The van der Waals surface area contributed by atoms with Gasteiger partial charge in [-0.25, -0.2) is 8.42 Å². The van der Waals surface area contributed by atoms with Crippen LogP contribution in [0, 0.1) is 0 Å². The first kappa shape index (κ1) is 28.8. The van der Waals surface area contributed by atoms with Crippen LogP contribution in [0.3, 0.4) is 0 Å². The highest BCUT2D eigenvalue weighted by atomic mass is 35.5. The second kappa shape index (κ2) is 12.2. The average Bonchev–Trinajstić information content (AvgIpc) is 2.82. The molecule has 3 aromatic rings. The highest BCUT2D eigenvalue weighted by Gasteiger charge is 2.32. The third kappa shape index (κ3) is 7.15. The molecule has 0 saturated heterocycles. The van der Waals surface area contributed by atoms with Gasteiger partial charge >= 0.3 is 0 Å². The van der Waals surface area contributed by atoms with Crippen molar-refractivity contribution in [2.75, 3.05) is 17.1 Å². The van der Waals surface area contributed by atoms with E-state index in [1.165, 1.54) is 4.90 Å². The van der Waals surface area contributed by atoms with Crippen molar-refractivity contribution >= 4 is 61.5 Å². The number of fused-ring (bicyclic) bond motifs is 1. The second-order valence-electron chi connectivity index (χ2n) is 9.11. The molecule has 0 aliphatic heterocycles. The van der Waals surface area contributed by atoms with Gasteiger partial charge in [0.25, 0.3) is 0 Å². The van der Waals surface area contributed by atoms with Crippen molar-refractivity contribution in [2.24, 2.45) is 0 Å². The zero-order valence-corrected chi connectivity index (χ0v) is 23.6. The van der Waals surface area contributed by atoms with E-state index in [1.807, 2.05) is 44.2 Å². The van der Waals surface area contributed by atoms with Crippen molar-refractivity contribution in [3.63, 3.8) is 0 Å². The van der Waals surface area contributed by atoms with Crippen molar-refractivity contribution in [1.82, 2.24) is 10.2 Å². The van der Waals surface area contributed by atoms with Gasteiger partial charge in [-0.05, 0) is 49.4 Å². The van der Waals surface area contributed by atoms with E-state index in [4.69, 9.17) is 23.2 Å². The van der Waals surface area contributed by atoms with Gasteiger partial charge in [0.2, 0.25) is 21.8 Å². The maximum atomic E-state index is 13.9. The van der Waals surface area contributed by atoms with Gasteiger partial charge in [0.15, 0.2) is 0 Å². The second-order valence-corrected chi connectivity index (χ2v) is 11.9. The Hall–Kier alpha value is -2.81. The molecular formula is C27H31Cl2N3O4S. The molecule has 37 heavy (non-hydrogen) atoms. The van der Waals surface area contributed by atoms with Crippen LogP contribution in [0.2, 0.25) is 10.0 Å². The minimum atomic E-state index is -3.85. The minimum Gasteiger partial charge on any atom is -0.352 e. The number of rotatable bonds is 10. The van der Waals surface area contributed by atoms with Crippen LogP contribution in [0.4, 0.5) is 5.69 Å². The lowest BCUT2D eigenvalue weighted by Gasteiger charge is -2.33. The molecule has 0 radical (unpaired) electrons. The first-order valence-electron chi connectivity index (χ1n) is 11.9. The van der Waals surface area contributed by atoms with E-state index >= 15 is 0 Å². The number of hydrogen-bond acceptors (Lipinski definition) is 4. The fraction of sp³-hybridized carbons (Fsp3) is 0.333. The summed E-state index contributed by atoms with van der Waals surface area (Å²) in [5, 5.41) is 5.18. The molecule has 0 bridgehead atoms. The lowest BCUT2D eigenvalue weighted by Crippen LogP contribution is -2.53. The molecule has 2 amide bonds. The van der Waals surface area contributed by atoms with Crippen LogP contribution in [0.25, 0.3) is 10.8 Å². The molecule has 0 fully saturated rings. The third-order valence-corrected chi connectivity index (χ3v) is 7.60. The minimum absolute atomic E-state index is 0.00595. The summed E-state index contributed by atoms with van der Waals surface area (Å²) < 4.78 is 27.0. The molecular weight excluding hydrogens is 533 g/mol. The molecule has 3 aromatic carbocycles. The maximum Gasteiger partial charge on any atom is 0.244 e. The highest BCUT2D eigenvalue weighted by molar-refractivity contribution is 7.92. The van der Waals surface area contributed by atoms with Crippen LogP contribution in [0.1, 0.15) is 32.8 Å². The van der Waals surface area contributed by atoms with Crippen LogP contribution >= 0.6 is 23.2 Å². The summed E-state index contributed by atoms with van der Waals surface area (Å²) in [7, 11) is -3.85. The number of carbonyl (C=O) groups excluding carboxylic acids is 2. The standard InChI is InChI=1S/C27H31Cl2N3O4S/c1-5-24(27(34)30-18(2)3)31(16-20-13-14-21(28)15-23(20)29)26(33)17-32(37(4,35)36)25-12-8-10-19-9-6-7-11-22(19)25/h6-15,18,24H,5,16-17H2,1-4H3,(H,30,34)/t24-/m0/s1. The number of hydrogen-bond donors (Lipinski definition) is 1. The van der Waals surface area contributed by atoms with Gasteiger partial charge in [0.05, 0.1) is 11.9 Å². The summed E-state index contributed by atoms with van der Waals surface area (Å²) in [6.07, 6.45) is 1.38. The molecule has 0 aromatic heterocycles. The quantitative estimate of drug-likeness (QED) is 0.365. The van der Waals surface area contributed by atoms with Crippen LogP contribution in [0.15, 0.2) is 60.7 Å². The van der Waals surface area contributed by atoms with Crippen molar-refractivity contribution < 1.29 is 18.0 Å². The molecule has 0 aliphatic carbocycles. The number of amides is 2. The number of carbonyl (C=O) groups is 2. The summed E-state index contributed by atoms with van der Waals surface area (Å²) >= 11 is 12.4. The Morgan fingerprint density at radius 3 is 2.30 bits per heavy atom. The van der Waals surface area contributed by atoms with E-state index in [9.17, 15) is 18.0 Å². The van der Waals surface area contributed by atoms with E-state index in [-0.39, 0.29) is 18.5 Å². The molecule has 7 nitrogen and oxygen atoms in total. The number of nitrogens with one attached hydrogen (secondary N) is 1. The largest absolute Gasteiger partial charge is 0.352 e. The fourth-order valence-corrected chi connectivity index (χ4v) is 5.48. The van der Waals surface area contributed by atoms with Crippen molar-refractivity contribution in [3.8, 4) is 0 Å². The fourth-order valence-electron chi connectivity index (χ4n) is 4.15. The van der Waals surface area contributed by atoms with Gasteiger partial charge in [-0.15, -0.1) is 0 Å². The predicted molar refractivity (Wildman–Crippen MR) is 151 cm³/mol. The molecule has 3 rings (SSSR count). The Balaban J connectivity index is 2.05. The molecule has 1 N–H and O–H groups in total. The summed E-state index contributed by atoms with van der Waals surface area (Å²) in [5.41, 5.74) is 0.976. The summed E-state index contributed by atoms with van der Waals surface area (Å²) in [5.74, 6) is -0.859. The maximum absolute atomic E-state index is 13.9. The van der Waals surface area contributed by atoms with Crippen LogP contribution in [0.5, 0.6) is 0 Å². The molecule has 0 saturated carbocycles. The Bertz CT molecular complexity index is 1390. The van der Waals surface area contributed by atoms with Gasteiger partial charge in [-0.3, -0.25) is 13.9 Å². The Kier molecular flexibility index (Phi) is 9.45. The molecule has 0 unspecified atom stereocenters. The third-order valence-electron chi connectivity index (χ3n) is 5.89. The zero-order chi connectivity index (χ0) is 27.3. The smallest absolute Gasteiger partial charge is 0.244 e. The van der Waals surface area contributed by atoms with Crippen molar-refractivity contribution in [3.05, 3.63) is 76.3 Å². The molecule has 198 valence electrons. The number of benzene rings is 3. The van der Waals surface area contributed by atoms with Gasteiger partial charge in [-0.2, -0.15) is 0 Å². The molecule has 1 atom stereocenters. The molecule has 0 aliphatic rings. The van der Waals surface area contributed by atoms with E-state index in [0.29, 0.717) is 33.1 Å². The first-order chi connectivity index (χ1) is 17.4. The van der Waals surface area contributed by atoms with E-state index in [2.05, 4.69) is 5.32 Å². The van der Waals surface area contributed by atoms with E-state index < -0.39 is 28.5 Å². The normalized spacial score (nSPS) is 12.4. The Morgan fingerprint density at radius 1 is 1.00 bits per heavy atom. The average molecular weight is 565 g/mol. The van der Waals surface area contributed by atoms with Gasteiger partial charge in [0, 0.05) is 28.0 Å². The van der Waals surface area contributed by atoms with Crippen LogP contribution in [-0.2, 0) is 26.2 Å². The van der Waals surface area contributed by atoms with Gasteiger partial charge < -0.3 is 10.2 Å². The summed E-state index contributed by atoms with van der Waals surface area (Å²) in [6.45, 7) is 4.99. The summed E-state index contributed by atoms with van der Waals surface area (Å²) in [4.78, 5) is 28.3. The molecule has 0 heterocycles. The number of sulfonamides is 1. The van der Waals surface area contributed by atoms with Crippen molar-refractivity contribution in [1.29, 1.82) is 0 Å². The predicted octanol–water partition coefficient (Wildman–Crippen LogP) is 5.24. The van der Waals surface area contributed by atoms with Gasteiger partial charge in [0.1, 0.15) is 12.6 Å². The number of nitrogens with zero attached hydrogens (tertiary/aromatic N) is 2. The number of anilines is 1. The zero-order valence-electron chi connectivity index (χ0n) is 21.2. The number of halogens is 2. The van der Waals surface area contributed by atoms with Crippen molar-refractivity contribution in [2.45, 2.75) is 45.8 Å². The lowest BCUT2D eigenvalue weighted by molar-refractivity contribution is -0.140. The molecule has 0 spiro atoms. The van der Waals surface area contributed by atoms with Crippen LogP contribution in [-0.4, -0.2) is 50.0 Å².